The van der Waals surface area contributed by atoms with Crippen LogP contribution in [-0.4, -0.2) is 44.5 Å². The number of aliphatic hydroxyl groups excluding tert-OH is 1. The lowest BCUT2D eigenvalue weighted by Crippen LogP contribution is -2.39. The molecule has 1 aliphatic heterocycles. The summed E-state index contributed by atoms with van der Waals surface area (Å²) in [6, 6.07) is 5.00. The van der Waals surface area contributed by atoms with Crippen molar-refractivity contribution in [2.75, 3.05) is 7.05 Å². The van der Waals surface area contributed by atoms with E-state index in [0.29, 0.717) is 12.1 Å². The fourth-order valence-electron chi connectivity index (χ4n) is 3.78. The van der Waals surface area contributed by atoms with Crippen molar-refractivity contribution in [3.63, 3.8) is 0 Å². The average molecular weight is 338 g/mol. The Bertz CT molecular complexity index is 996. The Balaban J connectivity index is 2.02. The molecule has 1 aromatic carbocycles. The monoisotopic (exact) mass is 338 g/mol. The van der Waals surface area contributed by atoms with Gasteiger partial charge in [-0.2, -0.15) is 0 Å². The molecule has 0 radical (unpaired) electrons. The van der Waals surface area contributed by atoms with Gasteiger partial charge in [0, 0.05) is 43.2 Å². The molecule has 1 aromatic heterocycles. The van der Waals surface area contributed by atoms with Crippen LogP contribution in [0.25, 0.3) is 16.6 Å². The van der Waals surface area contributed by atoms with E-state index in [4.69, 9.17) is 0 Å². The lowest BCUT2D eigenvalue weighted by atomic mass is 9.94. The van der Waals surface area contributed by atoms with Gasteiger partial charge >= 0.3 is 5.97 Å². The van der Waals surface area contributed by atoms with Crippen molar-refractivity contribution in [1.29, 1.82) is 0 Å². The van der Waals surface area contributed by atoms with Crippen LogP contribution < -0.4 is 0 Å². The summed E-state index contributed by atoms with van der Waals surface area (Å²) in [5, 5.41) is 20.8. The molecule has 2 aromatic rings. The van der Waals surface area contributed by atoms with E-state index in [0.717, 1.165) is 22.0 Å². The molecule has 1 atom stereocenters. The van der Waals surface area contributed by atoms with Crippen molar-refractivity contribution in [3.05, 3.63) is 52.9 Å². The van der Waals surface area contributed by atoms with E-state index < -0.39 is 12.0 Å². The Hall–Kier alpha value is -3.02. The highest BCUT2D eigenvalue weighted by molar-refractivity contribution is 6.09. The van der Waals surface area contributed by atoms with Gasteiger partial charge in [-0.15, -0.1) is 0 Å². The first-order valence-electron chi connectivity index (χ1n) is 8.11. The third-order valence-corrected chi connectivity index (χ3v) is 5.10. The van der Waals surface area contributed by atoms with E-state index in [1.807, 2.05) is 36.0 Å². The summed E-state index contributed by atoms with van der Waals surface area (Å²) in [7, 11) is 3.61. The number of carbonyl (C=O) groups is 2. The number of carbonyl (C=O) groups excluding carboxylic acids is 1. The quantitative estimate of drug-likeness (QED) is 0.833. The molecule has 0 saturated carbocycles. The largest absolute Gasteiger partial charge is 0.507 e. The number of aryl methyl sites for hydroxylation is 2. The first-order chi connectivity index (χ1) is 11.9. The smallest absolute Gasteiger partial charge is 0.330 e. The van der Waals surface area contributed by atoms with Gasteiger partial charge in [0.15, 0.2) is 5.78 Å². The van der Waals surface area contributed by atoms with Crippen LogP contribution in [0.15, 0.2) is 41.8 Å². The number of carboxylic acid groups (broad SMARTS) is 1. The lowest BCUT2D eigenvalue weighted by Gasteiger charge is -2.33. The molecule has 6 heteroatoms. The molecular formula is C19H18N2O4. The van der Waals surface area contributed by atoms with E-state index in [1.165, 1.54) is 6.08 Å². The highest BCUT2D eigenvalue weighted by Crippen LogP contribution is 2.39. The van der Waals surface area contributed by atoms with Crippen LogP contribution in [0, 0.1) is 0 Å². The number of aromatic nitrogens is 1. The topological polar surface area (TPSA) is 82.8 Å². The standard InChI is InChI=1S/C19H18N2O4/c1-20-6-5-11-7-12-10(8-13(11)20)3-4-15(22)17-16(23)9-14(19(24)25)21(2)18(12)17/h5-9,14,23H,3-4H2,1-2H3,(H,24,25). The van der Waals surface area contributed by atoms with E-state index in [1.54, 1.807) is 11.9 Å². The number of nitrogens with zero attached hydrogens (tertiary/aromatic N) is 2. The SMILES string of the molecule is CN1C2=C(C(=O)CCc3cc4c(ccn4C)cc32)C(O)=CC1C(=O)O. The number of allylic oxidation sites excluding steroid dienone is 1. The number of aliphatic hydroxyl groups is 1. The van der Waals surface area contributed by atoms with Crippen LogP contribution in [0.2, 0.25) is 0 Å². The summed E-state index contributed by atoms with van der Waals surface area (Å²) in [5.41, 5.74) is 3.57. The number of benzene rings is 1. The molecule has 2 aliphatic rings. The normalized spacial score (nSPS) is 20.2. The summed E-state index contributed by atoms with van der Waals surface area (Å²) >= 11 is 0. The Labute approximate surface area is 144 Å². The van der Waals surface area contributed by atoms with Gasteiger partial charge in [0.05, 0.1) is 11.3 Å². The Kier molecular flexibility index (Phi) is 3.25. The molecule has 0 amide bonds. The van der Waals surface area contributed by atoms with Gasteiger partial charge in [-0.05, 0) is 36.3 Å². The number of fused-ring (bicyclic) bond motifs is 3. The molecule has 6 nitrogen and oxygen atoms in total. The number of likely N-dealkylation sites (N-methyl/N-ethyl adjacent to an activating group) is 1. The second kappa shape index (κ2) is 5.24. The minimum absolute atomic E-state index is 0.167. The predicted molar refractivity (Wildman–Crippen MR) is 93.1 cm³/mol. The zero-order valence-electron chi connectivity index (χ0n) is 14.0. The van der Waals surface area contributed by atoms with Gasteiger partial charge in [0.2, 0.25) is 0 Å². The second-order valence-electron chi connectivity index (χ2n) is 6.59. The predicted octanol–water partition coefficient (Wildman–Crippen LogP) is 2.25. The summed E-state index contributed by atoms with van der Waals surface area (Å²) in [5.74, 6) is -1.48. The zero-order chi connectivity index (χ0) is 17.9. The molecule has 1 aliphatic carbocycles. The highest BCUT2D eigenvalue weighted by Gasteiger charge is 2.36. The van der Waals surface area contributed by atoms with Crippen molar-refractivity contribution in [3.8, 4) is 0 Å². The summed E-state index contributed by atoms with van der Waals surface area (Å²) in [6.07, 6.45) is 4.03. The lowest BCUT2D eigenvalue weighted by molar-refractivity contribution is -0.140. The van der Waals surface area contributed by atoms with Gasteiger partial charge in [-0.1, -0.05) is 0 Å². The number of aliphatic carboxylic acids is 1. The van der Waals surface area contributed by atoms with Crippen LogP contribution in [0.4, 0.5) is 0 Å². The number of carboxylic acids is 1. The molecule has 25 heavy (non-hydrogen) atoms. The molecule has 0 spiro atoms. The van der Waals surface area contributed by atoms with Gasteiger partial charge in [-0.3, -0.25) is 4.79 Å². The van der Waals surface area contributed by atoms with Crippen molar-refractivity contribution in [2.24, 2.45) is 7.05 Å². The van der Waals surface area contributed by atoms with E-state index >= 15 is 0 Å². The molecular weight excluding hydrogens is 320 g/mol. The number of hydrogen-bond donors (Lipinski definition) is 2. The molecule has 1 unspecified atom stereocenters. The molecule has 2 heterocycles. The number of ketones is 1. The van der Waals surface area contributed by atoms with Gasteiger partial charge in [0.25, 0.3) is 0 Å². The first kappa shape index (κ1) is 15.5. The summed E-state index contributed by atoms with van der Waals surface area (Å²) in [6.45, 7) is 0. The summed E-state index contributed by atoms with van der Waals surface area (Å²) < 4.78 is 2.01. The van der Waals surface area contributed by atoms with Crippen molar-refractivity contribution in [2.45, 2.75) is 18.9 Å². The van der Waals surface area contributed by atoms with Gasteiger partial charge < -0.3 is 19.7 Å². The van der Waals surface area contributed by atoms with Crippen LogP contribution in [-0.2, 0) is 23.1 Å². The Morgan fingerprint density at radius 3 is 2.72 bits per heavy atom. The van der Waals surface area contributed by atoms with Crippen LogP contribution in [0.5, 0.6) is 0 Å². The second-order valence-corrected chi connectivity index (χ2v) is 6.59. The van der Waals surface area contributed by atoms with E-state index in [2.05, 4.69) is 0 Å². The third kappa shape index (κ3) is 2.17. The van der Waals surface area contributed by atoms with Crippen LogP contribution in [0.1, 0.15) is 17.5 Å². The van der Waals surface area contributed by atoms with Gasteiger partial charge in [0.1, 0.15) is 11.8 Å². The molecule has 128 valence electrons. The molecule has 2 N–H and O–H groups in total. The van der Waals surface area contributed by atoms with Crippen LogP contribution in [0.3, 0.4) is 0 Å². The fourth-order valence-corrected chi connectivity index (χ4v) is 3.78. The first-order valence-corrected chi connectivity index (χ1v) is 8.11. The minimum atomic E-state index is -1.07. The fraction of sp³-hybridized carbons (Fsp3) is 0.263. The highest BCUT2D eigenvalue weighted by atomic mass is 16.4. The maximum Gasteiger partial charge on any atom is 0.330 e. The average Bonchev–Trinajstić information content (AvgIpc) is 2.85. The molecule has 0 saturated heterocycles. The van der Waals surface area contributed by atoms with Crippen molar-refractivity contribution >= 4 is 28.4 Å². The Morgan fingerprint density at radius 2 is 2.00 bits per heavy atom. The number of hydrogen-bond acceptors (Lipinski definition) is 4. The molecule has 0 fully saturated rings. The number of rotatable bonds is 1. The van der Waals surface area contributed by atoms with Crippen molar-refractivity contribution in [1.82, 2.24) is 9.47 Å². The minimum Gasteiger partial charge on any atom is -0.507 e. The van der Waals surface area contributed by atoms with Crippen LogP contribution >= 0.6 is 0 Å². The Morgan fingerprint density at radius 1 is 1.24 bits per heavy atom. The maximum atomic E-state index is 12.6. The van der Waals surface area contributed by atoms with Crippen molar-refractivity contribution < 1.29 is 19.8 Å². The van der Waals surface area contributed by atoms with E-state index in [9.17, 15) is 19.8 Å². The third-order valence-electron chi connectivity index (χ3n) is 5.10. The van der Waals surface area contributed by atoms with Gasteiger partial charge in [-0.25, -0.2) is 4.79 Å². The van der Waals surface area contributed by atoms with E-state index in [-0.39, 0.29) is 23.5 Å². The zero-order valence-corrected chi connectivity index (χ0v) is 14.0. The maximum absolute atomic E-state index is 12.6. The summed E-state index contributed by atoms with van der Waals surface area (Å²) in [4.78, 5) is 25.7. The molecule has 0 bridgehead atoms. The number of Topliss-reactive ketones (excluding diaryl/α,β-unsaturated/α-hetero) is 1. The molecule has 4 rings (SSSR count).